The Morgan fingerprint density at radius 1 is 1.28 bits per heavy atom. The molecule has 2 N–H and O–H groups in total. The number of likely N-dealkylation sites (N-methyl/N-ethyl adjacent to an activating group) is 1. The van der Waals surface area contributed by atoms with Gasteiger partial charge in [0, 0.05) is 25.3 Å². The van der Waals surface area contributed by atoms with Gasteiger partial charge in [0.2, 0.25) is 5.91 Å². The van der Waals surface area contributed by atoms with Crippen molar-refractivity contribution in [2.45, 2.75) is 6.92 Å². The molecule has 0 aromatic heterocycles. The molecule has 0 fully saturated rings. The van der Waals surface area contributed by atoms with E-state index in [4.69, 9.17) is 0 Å². The molecule has 0 unspecified atom stereocenters. The van der Waals surface area contributed by atoms with Gasteiger partial charge in [-0.05, 0) is 31.7 Å². The number of anilines is 1. The minimum Gasteiger partial charge on any atom is -0.345 e. The van der Waals surface area contributed by atoms with Crippen molar-refractivity contribution in [1.29, 1.82) is 0 Å². The fourth-order valence-corrected chi connectivity index (χ4v) is 1.50. The van der Waals surface area contributed by atoms with E-state index in [9.17, 15) is 9.59 Å². The largest absolute Gasteiger partial charge is 0.345 e. The highest BCUT2D eigenvalue weighted by Gasteiger charge is 2.11. The summed E-state index contributed by atoms with van der Waals surface area (Å²) in [5.41, 5.74) is 2.16. The van der Waals surface area contributed by atoms with Crippen molar-refractivity contribution in [3.8, 4) is 0 Å². The van der Waals surface area contributed by atoms with Crippen molar-refractivity contribution in [3.63, 3.8) is 0 Å². The molecule has 0 aliphatic carbocycles. The van der Waals surface area contributed by atoms with Gasteiger partial charge in [0.15, 0.2) is 0 Å². The van der Waals surface area contributed by atoms with Gasteiger partial charge in [-0.15, -0.1) is 0 Å². The molecule has 5 nitrogen and oxygen atoms in total. The quantitative estimate of drug-likeness (QED) is 0.832. The summed E-state index contributed by atoms with van der Waals surface area (Å²) in [5.74, 6) is -0.214. The van der Waals surface area contributed by atoms with Crippen LogP contribution >= 0.6 is 0 Å². The Hall–Kier alpha value is -1.88. The van der Waals surface area contributed by atoms with E-state index in [1.807, 2.05) is 13.0 Å². The summed E-state index contributed by atoms with van der Waals surface area (Å²) in [7, 11) is 5.10. The lowest BCUT2D eigenvalue weighted by Crippen LogP contribution is -2.26. The number of benzene rings is 1. The topological polar surface area (TPSA) is 61.4 Å². The number of nitrogens with zero attached hydrogens (tertiary/aromatic N) is 1. The fraction of sp³-hybridized carbons (Fsp3) is 0.385. The van der Waals surface area contributed by atoms with Gasteiger partial charge < -0.3 is 15.5 Å². The molecular weight excluding hydrogens is 230 g/mol. The van der Waals surface area contributed by atoms with Crippen molar-refractivity contribution < 1.29 is 9.59 Å². The molecule has 1 aromatic rings. The maximum Gasteiger partial charge on any atom is 0.253 e. The zero-order valence-electron chi connectivity index (χ0n) is 11.2. The van der Waals surface area contributed by atoms with Gasteiger partial charge in [-0.1, -0.05) is 6.07 Å². The summed E-state index contributed by atoms with van der Waals surface area (Å²) in [6.07, 6.45) is 0. The molecule has 2 amide bonds. The van der Waals surface area contributed by atoms with Crippen LogP contribution in [0.5, 0.6) is 0 Å². The predicted octanol–water partition coefficient (Wildman–Crippen LogP) is 0.855. The lowest BCUT2D eigenvalue weighted by atomic mass is 10.1. The molecule has 0 radical (unpaired) electrons. The van der Waals surface area contributed by atoms with Crippen LogP contribution in [0.15, 0.2) is 18.2 Å². The number of hydrogen-bond acceptors (Lipinski definition) is 3. The van der Waals surface area contributed by atoms with Gasteiger partial charge in [0.25, 0.3) is 5.91 Å². The molecule has 18 heavy (non-hydrogen) atoms. The Bertz CT molecular complexity index is 456. The molecule has 1 rings (SSSR count). The number of aryl methyl sites for hydroxylation is 1. The molecule has 0 bridgehead atoms. The van der Waals surface area contributed by atoms with Gasteiger partial charge >= 0.3 is 0 Å². The average molecular weight is 249 g/mol. The summed E-state index contributed by atoms with van der Waals surface area (Å²) in [6.45, 7) is 2.13. The highest BCUT2D eigenvalue weighted by molar-refractivity contribution is 5.98. The summed E-state index contributed by atoms with van der Waals surface area (Å²) in [6, 6.07) is 5.28. The van der Waals surface area contributed by atoms with Crippen LogP contribution in [0.2, 0.25) is 0 Å². The molecular formula is C13H19N3O2. The monoisotopic (exact) mass is 249 g/mol. The van der Waals surface area contributed by atoms with Crippen LogP contribution in [0.3, 0.4) is 0 Å². The average Bonchev–Trinajstić information content (AvgIpc) is 2.31. The van der Waals surface area contributed by atoms with Crippen LogP contribution in [-0.4, -0.2) is 44.4 Å². The molecule has 0 aliphatic heterocycles. The molecule has 0 heterocycles. The lowest BCUT2D eigenvalue weighted by molar-refractivity contribution is -0.115. The third-order valence-electron chi connectivity index (χ3n) is 2.50. The highest BCUT2D eigenvalue weighted by atomic mass is 16.2. The third kappa shape index (κ3) is 3.56. The first kappa shape index (κ1) is 14.2. The molecule has 5 heteroatoms. The van der Waals surface area contributed by atoms with Gasteiger partial charge in [-0.25, -0.2) is 0 Å². The van der Waals surface area contributed by atoms with E-state index in [-0.39, 0.29) is 18.4 Å². The Morgan fingerprint density at radius 3 is 2.50 bits per heavy atom. The van der Waals surface area contributed by atoms with E-state index < -0.39 is 0 Å². The normalized spacial score (nSPS) is 10.0. The highest BCUT2D eigenvalue weighted by Crippen LogP contribution is 2.17. The minimum absolute atomic E-state index is 0.0842. The first-order valence-corrected chi connectivity index (χ1v) is 5.72. The number of rotatable bonds is 4. The number of carbonyl (C=O) groups excluding carboxylic acids is 2. The van der Waals surface area contributed by atoms with Gasteiger partial charge in [0.1, 0.15) is 0 Å². The Morgan fingerprint density at radius 2 is 1.94 bits per heavy atom. The van der Waals surface area contributed by atoms with E-state index in [1.165, 1.54) is 4.90 Å². The fourth-order valence-electron chi connectivity index (χ4n) is 1.50. The molecule has 0 aliphatic rings. The van der Waals surface area contributed by atoms with Crippen molar-refractivity contribution in [2.75, 3.05) is 33.0 Å². The predicted molar refractivity (Wildman–Crippen MR) is 71.8 cm³/mol. The van der Waals surface area contributed by atoms with Crippen molar-refractivity contribution in [1.82, 2.24) is 10.2 Å². The first-order chi connectivity index (χ1) is 8.45. The standard InChI is InChI=1S/C13H19N3O2/c1-9-5-6-10(13(18)16(3)4)7-11(9)15-12(17)8-14-2/h5-7,14H,8H2,1-4H3,(H,15,17). The summed E-state index contributed by atoms with van der Waals surface area (Å²) >= 11 is 0. The molecule has 0 saturated heterocycles. The van der Waals surface area contributed by atoms with Crippen LogP contribution in [0.1, 0.15) is 15.9 Å². The van der Waals surface area contributed by atoms with Gasteiger partial charge in [-0.2, -0.15) is 0 Å². The van der Waals surface area contributed by atoms with Crippen LogP contribution < -0.4 is 10.6 Å². The van der Waals surface area contributed by atoms with E-state index >= 15 is 0 Å². The van der Waals surface area contributed by atoms with E-state index in [0.717, 1.165) is 5.56 Å². The van der Waals surface area contributed by atoms with E-state index in [2.05, 4.69) is 10.6 Å². The number of hydrogen-bond donors (Lipinski definition) is 2. The summed E-state index contributed by atoms with van der Waals surface area (Å²) in [4.78, 5) is 24.8. The Kier molecular flexibility index (Phi) is 4.85. The zero-order chi connectivity index (χ0) is 13.7. The van der Waals surface area contributed by atoms with Crippen molar-refractivity contribution in [2.24, 2.45) is 0 Å². The Balaban J connectivity index is 2.94. The number of carbonyl (C=O) groups is 2. The van der Waals surface area contributed by atoms with Crippen LogP contribution in [-0.2, 0) is 4.79 Å². The summed E-state index contributed by atoms with van der Waals surface area (Å²) < 4.78 is 0. The smallest absolute Gasteiger partial charge is 0.253 e. The van der Waals surface area contributed by atoms with Crippen LogP contribution in [0.4, 0.5) is 5.69 Å². The van der Waals surface area contributed by atoms with Crippen molar-refractivity contribution in [3.05, 3.63) is 29.3 Å². The molecule has 0 atom stereocenters. The lowest BCUT2D eigenvalue weighted by Gasteiger charge is -2.13. The van der Waals surface area contributed by atoms with Crippen LogP contribution in [0.25, 0.3) is 0 Å². The van der Waals surface area contributed by atoms with Crippen LogP contribution in [0, 0.1) is 6.92 Å². The van der Waals surface area contributed by atoms with E-state index in [0.29, 0.717) is 11.3 Å². The second-order valence-electron chi connectivity index (χ2n) is 4.31. The molecule has 0 spiro atoms. The SMILES string of the molecule is CNCC(=O)Nc1cc(C(=O)N(C)C)ccc1C. The first-order valence-electron chi connectivity index (χ1n) is 5.72. The molecule has 0 saturated carbocycles. The third-order valence-corrected chi connectivity index (χ3v) is 2.50. The zero-order valence-corrected chi connectivity index (χ0v) is 11.2. The maximum atomic E-state index is 11.8. The second-order valence-corrected chi connectivity index (χ2v) is 4.31. The summed E-state index contributed by atoms with van der Waals surface area (Å²) in [5, 5.41) is 5.55. The second kappa shape index (κ2) is 6.16. The van der Waals surface area contributed by atoms with Gasteiger partial charge in [0.05, 0.1) is 6.54 Å². The Labute approximate surface area is 107 Å². The minimum atomic E-state index is -0.130. The number of nitrogens with one attached hydrogen (secondary N) is 2. The molecule has 98 valence electrons. The maximum absolute atomic E-state index is 11.8. The number of amides is 2. The van der Waals surface area contributed by atoms with E-state index in [1.54, 1.807) is 33.3 Å². The molecule has 1 aromatic carbocycles. The van der Waals surface area contributed by atoms with Gasteiger partial charge in [-0.3, -0.25) is 9.59 Å². The van der Waals surface area contributed by atoms with Crippen molar-refractivity contribution >= 4 is 17.5 Å².